The van der Waals surface area contributed by atoms with Crippen molar-refractivity contribution in [1.29, 1.82) is 5.41 Å². The van der Waals surface area contributed by atoms with Gasteiger partial charge in [-0.25, -0.2) is 9.67 Å². The van der Waals surface area contributed by atoms with Crippen LogP contribution in [0.4, 0.5) is 0 Å². The Kier molecular flexibility index (Phi) is 6.46. The third-order valence-corrected chi connectivity index (χ3v) is 4.39. The molecule has 1 heterocycles. The Morgan fingerprint density at radius 1 is 0.759 bits per heavy atom. The van der Waals surface area contributed by atoms with Gasteiger partial charge in [-0.2, -0.15) is 5.10 Å². The molecule has 144 valence electrons. The van der Waals surface area contributed by atoms with Crippen molar-refractivity contribution in [3.05, 3.63) is 102 Å². The first-order valence-corrected chi connectivity index (χ1v) is 8.95. The molecule has 0 aliphatic rings. The molecule has 0 saturated carbocycles. The van der Waals surface area contributed by atoms with Crippen LogP contribution in [0.3, 0.4) is 0 Å². The maximum Gasteiger partial charge on any atom is 0.239 e. The van der Waals surface area contributed by atoms with Gasteiger partial charge < -0.3 is 0 Å². The van der Waals surface area contributed by atoms with E-state index in [9.17, 15) is 4.79 Å². The SMILES string of the molecule is Br.N=c1nc(-c2ccccc2)c(-c2ccccc2)nn1CC(=O)c1ccccc1. The van der Waals surface area contributed by atoms with Crippen molar-refractivity contribution in [1.82, 2.24) is 14.8 Å². The standard InChI is InChI=1S/C23H18N4O.BrH/c24-23-25-21(18-12-6-2-7-13-18)22(19-14-8-3-9-15-19)26-27(23)16-20(28)17-10-4-1-5-11-17;/h1-15,24H,16H2;1H. The van der Waals surface area contributed by atoms with E-state index in [1.807, 2.05) is 78.9 Å². The van der Waals surface area contributed by atoms with Crippen LogP contribution in [0.5, 0.6) is 0 Å². The fourth-order valence-corrected chi connectivity index (χ4v) is 2.98. The number of hydrogen-bond donors (Lipinski definition) is 1. The Labute approximate surface area is 179 Å². The number of carbonyl (C=O) groups is 1. The van der Waals surface area contributed by atoms with Gasteiger partial charge in [0.1, 0.15) is 17.9 Å². The second kappa shape index (κ2) is 9.21. The molecule has 6 heteroatoms. The van der Waals surface area contributed by atoms with E-state index < -0.39 is 0 Å². The summed E-state index contributed by atoms with van der Waals surface area (Å²) in [4.78, 5) is 17.1. The molecule has 1 N–H and O–H groups in total. The van der Waals surface area contributed by atoms with Gasteiger partial charge in [-0.3, -0.25) is 10.2 Å². The molecule has 5 nitrogen and oxygen atoms in total. The number of rotatable bonds is 5. The summed E-state index contributed by atoms with van der Waals surface area (Å²) < 4.78 is 1.35. The number of nitrogens with one attached hydrogen (secondary N) is 1. The molecule has 0 fully saturated rings. The van der Waals surface area contributed by atoms with E-state index in [0.717, 1.165) is 11.1 Å². The molecule has 0 amide bonds. The second-order valence-corrected chi connectivity index (χ2v) is 6.31. The number of carbonyl (C=O) groups excluding carboxylic acids is 1. The summed E-state index contributed by atoms with van der Waals surface area (Å²) in [6.45, 7) is -0.0370. The molecule has 0 bridgehead atoms. The zero-order valence-corrected chi connectivity index (χ0v) is 17.2. The predicted octanol–water partition coefficient (Wildman–Crippen LogP) is 4.55. The highest BCUT2D eigenvalue weighted by Crippen LogP contribution is 2.27. The van der Waals surface area contributed by atoms with E-state index >= 15 is 0 Å². The Hall–Kier alpha value is -3.38. The van der Waals surface area contributed by atoms with Crippen molar-refractivity contribution in [3.63, 3.8) is 0 Å². The lowest BCUT2D eigenvalue weighted by Gasteiger charge is -2.12. The molecule has 0 radical (unpaired) electrons. The van der Waals surface area contributed by atoms with Crippen LogP contribution in [-0.2, 0) is 6.54 Å². The average Bonchev–Trinajstić information content (AvgIpc) is 2.76. The zero-order valence-electron chi connectivity index (χ0n) is 15.5. The van der Waals surface area contributed by atoms with Crippen LogP contribution in [-0.4, -0.2) is 20.5 Å². The van der Waals surface area contributed by atoms with Crippen molar-refractivity contribution >= 4 is 22.8 Å². The molecular weight excluding hydrogens is 428 g/mol. The van der Waals surface area contributed by atoms with Crippen LogP contribution in [0.1, 0.15) is 10.4 Å². The molecule has 29 heavy (non-hydrogen) atoms. The van der Waals surface area contributed by atoms with E-state index in [0.29, 0.717) is 17.0 Å². The Balaban J connectivity index is 0.00000240. The highest BCUT2D eigenvalue weighted by atomic mass is 79.9. The van der Waals surface area contributed by atoms with Crippen molar-refractivity contribution < 1.29 is 4.79 Å². The normalized spacial score (nSPS) is 10.2. The van der Waals surface area contributed by atoms with Crippen molar-refractivity contribution in [3.8, 4) is 22.5 Å². The number of halogens is 1. The van der Waals surface area contributed by atoms with Gasteiger partial charge in [0.2, 0.25) is 5.62 Å². The van der Waals surface area contributed by atoms with E-state index in [4.69, 9.17) is 5.41 Å². The first kappa shape index (κ1) is 20.4. The number of benzene rings is 3. The summed E-state index contributed by atoms with van der Waals surface area (Å²) in [6, 6.07) is 28.4. The molecule has 0 unspecified atom stereocenters. The van der Waals surface area contributed by atoms with Gasteiger partial charge in [0, 0.05) is 16.7 Å². The molecule has 0 aliphatic heterocycles. The van der Waals surface area contributed by atoms with Crippen LogP contribution < -0.4 is 5.62 Å². The van der Waals surface area contributed by atoms with Crippen LogP contribution in [0, 0.1) is 5.41 Å². The molecule has 3 aromatic carbocycles. The topological polar surface area (TPSA) is 71.6 Å². The Morgan fingerprint density at radius 3 is 1.79 bits per heavy atom. The van der Waals surface area contributed by atoms with Gasteiger partial charge in [0.05, 0.1) is 0 Å². The zero-order chi connectivity index (χ0) is 19.3. The number of Topliss-reactive ketones (excluding diaryl/α,β-unsaturated/α-hetero) is 1. The lowest BCUT2D eigenvalue weighted by Crippen LogP contribution is -2.30. The minimum absolute atomic E-state index is 0. The highest BCUT2D eigenvalue weighted by Gasteiger charge is 2.15. The monoisotopic (exact) mass is 446 g/mol. The molecule has 0 saturated heterocycles. The minimum Gasteiger partial charge on any atom is -0.292 e. The maximum atomic E-state index is 12.6. The summed E-state index contributed by atoms with van der Waals surface area (Å²) in [5, 5.41) is 12.9. The first-order valence-electron chi connectivity index (χ1n) is 8.95. The minimum atomic E-state index is -0.111. The molecule has 1 aromatic heterocycles. The van der Waals surface area contributed by atoms with Crippen LogP contribution in [0.2, 0.25) is 0 Å². The van der Waals surface area contributed by atoms with Gasteiger partial charge >= 0.3 is 0 Å². The third-order valence-electron chi connectivity index (χ3n) is 4.39. The first-order chi connectivity index (χ1) is 13.7. The summed E-state index contributed by atoms with van der Waals surface area (Å²) in [7, 11) is 0. The lowest BCUT2D eigenvalue weighted by atomic mass is 10.0. The van der Waals surface area contributed by atoms with Crippen molar-refractivity contribution in [2.24, 2.45) is 0 Å². The van der Waals surface area contributed by atoms with Gasteiger partial charge in [-0.1, -0.05) is 91.0 Å². The summed E-state index contributed by atoms with van der Waals surface area (Å²) >= 11 is 0. The van der Waals surface area contributed by atoms with E-state index in [2.05, 4.69) is 10.1 Å². The van der Waals surface area contributed by atoms with Gasteiger partial charge in [-0.15, -0.1) is 17.0 Å². The summed E-state index contributed by atoms with van der Waals surface area (Å²) in [5.41, 5.74) is 3.56. The molecule has 0 atom stereocenters. The van der Waals surface area contributed by atoms with Gasteiger partial charge in [0.15, 0.2) is 5.78 Å². The summed E-state index contributed by atoms with van der Waals surface area (Å²) in [5.74, 6) is -0.111. The van der Waals surface area contributed by atoms with Crippen molar-refractivity contribution in [2.45, 2.75) is 6.54 Å². The molecular formula is C23H19BrN4O. The predicted molar refractivity (Wildman–Crippen MR) is 118 cm³/mol. The smallest absolute Gasteiger partial charge is 0.239 e. The molecule has 0 aliphatic carbocycles. The van der Waals surface area contributed by atoms with Crippen LogP contribution in [0.15, 0.2) is 91.0 Å². The number of hydrogen-bond acceptors (Lipinski definition) is 4. The average molecular weight is 447 g/mol. The van der Waals surface area contributed by atoms with Gasteiger partial charge in [-0.05, 0) is 0 Å². The van der Waals surface area contributed by atoms with Crippen LogP contribution >= 0.6 is 17.0 Å². The molecule has 0 spiro atoms. The van der Waals surface area contributed by atoms with Crippen LogP contribution in [0.25, 0.3) is 22.5 Å². The quantitative estimate of drug-likeness (QED) is 0.457. The summed E-state index contributed by atoms with van der Waals surface area (Å²) in [6.07, 6.45) is 0. The fraction of sp³-hybridized carbons (Fsp3) is 0.0435. The molecule has 4 rings (SSSR count). The fourth-order valence-electron chi connectivity index (χ4n) is 2.98. The lowest BCUT2D eigenvalue weighted by molar-refractivity contribution is 0.0964. The Morgan fingerprint density at radius 2 is 1.24 bits per heavy atom. The van der Waals surface area contributed by atoms with E-state index in [-0.39, 0.29) is 34.9 Å². The Bertz CT molecular complexity index is 1160. The van der Waals surface area contributed by atoms with Gasteiger partial charge in [0.25, 0.3) is 0 Å². The third kappa shape index (κ3) is 4.55. The number of nitrogens with zero attached hydrogens (tertiary/aromatic N) is 3. The van der Waals surface area contributed by atoms with E-state index in [1.54, 1.807) is 12.1 Å². The maximum absolute atomic E-state index is 12.6. The largest absolute Gasteiger partial charge is 0.292 e. The van der Waals surface area contributed by atoms with Crippen molar-refractivity contribution in [2.75, 3.05) is 0 Å². The second-order valence-electron chi connectivity index (χ2n) is 6.31. The molecule has 4 aromatic rings. The number of aromatic nitrogens is 3. The number of ketones is 1. The van der Waals surface area contributed by atoms with E-state index in [1.165, 1.54) is 4.68 Å². The highest BCUT2D eigenvalue weighted by molar-refractivity contribution is 8.93.